The van der Waals surface area contributed by atoms with Gasteiger partial charge in [0.15, 0.2) is 0 Å². The molecule has 0 spiro atoms. The molecule has 2 rings (SSSR count). The zero-order valence-electron chi connectivity index (χ0n) is 9.22. The highest BCUT2D eigenvalue weighted by molar-refractivity contribution is 9.10. The van der Waals surface area contributed by atoms with Crippen LogP contribution in [0.4, 0.5) is 13.2 Å². The van der Waals surface area contributed by atoms with Crippen LogP contribution in [0.1, 0.15) is 11.1 Å². The SMILES string of the molecule is Cc1cc(Br)cc2c1OC(C(F)(F)F)C(C=O)=C2. The first-order chi connectivity index (χ1) is 8.32. The summed E-state index contributed by atoms with van der Waals surface area (Å²) in [6.07, 6.45) is -5.41. The first kappa shape index (κ1) is 13.1. The maximum Gasteiger partial charge on any atom is 0.429 e. The van der Waals surface area contributed by atoms with E-state index in [4.69, 9.17) is 4.74 Å². The molecule has 1 aliphatic heterocycles. The second-order valence-corrected chi connectivity index (χ2v) is 4.86. The lowest BCUT2D eigenvalue weighted by atomic mass is 10.00. The number of hydrogen-bond donors (Lipinski definition) is 0. The highest BCUT2D eigenvalue weighted by atomic mass is 79.9. The Morgan fingerprint density at radius 1 is 1.39 bits per heavy atom. The third-order valence-corrected chi connectivity index (χ3v) is 3.02. The van der Waals surface area contributed by atoms with E-state index in [2.05, 4.69) is 15.9 Å². The molecule has 6 heteroatoms. The van der Waals surface area contributed by atoms with Crippen molar-refractivity contribution in [1.29, 1.82) is 0 Å². The van der Waals surface area contributed by atoms with Crippen LogP contribution >= 0.6 is 15.9 Å². The van der Waals surface area contributed by atoms with E-state index >= 15 is 0 Å². The Labute approximate surface area is 110 Å². The average Bonchev–Trinajstić information content (AvgIpc) is 2.25. The predicted octanol–water partition coefficient (Wildman–Crippen LogP) is 3.66. The number of halogens is 4. The number of benzene rings is 1. The van der Waals surface area contributed by atoms with E-state index in [-0.39, 0.29) is 12.0 Å². The number of carbonyl (C=O) groups is 1. The molecule has 0 amide bonds. The molecule has 18 heavy (non-hydrogen) atoms. The van der Waals surface area contributed by atoms with Crippen LogP contribution in [-0.2, 0) is 4.79 Å². The van der Waals surface area contributed by atoms with Gasteiger partial charge in [-0.05, 0) is 30.7 Å². The molecule has 0 fully saturated rings. The van der Waals surface area contributed by atoms with Crippen molar-refractivity contribution < 1.29 is 22.7 Å². The topological polar surface area (TPSA) is 26.3 Å². The minimum absolute atomic E-state index is 0.158. The number of alkyl halides is 3. The zero-order valence-corrected chi connectivity index (χ0v) is 10.8. The fourth-order valence-electron chi connectivity index (χ4n) is 1.82. The molecule has 0 saturated carbocycles. The van der Waals surface area contributed by atoms with Gasteiger partial charge in [0.2, 0.25) is 6.10 Å². The number of carbonyl (C=O) groups excluding carboxylic acids is 1. The average molecular weight is 321 g/mol. The lowest BCUT2D eigenvalue weighted by Crippen LogP contribution is -2.38. The van der Waals surface area contributed by atoms with Gasteiger partial charge in [-0.1, -0.05) is 15.9 Å². The van der Waals surface area contributed by atoms with Gasteiger partial charge in [-0.3, -0.25) is 4.79 Å². The minimum Gasteiger partial charge on any atom is -0.475 e. The van der Waals surface area contributed by atoms with Gasteiger partial charge in [0, 0.05) is 15.6 Å². The van der Waals surface area contributed by atoms with Crippen LogP contribution in [-0.4, -0.2) is 18.6 Å². The van der Waals surface area contributed by atoms with Crippen LogP contribution in [0.15, 0.2) is 22.2 Å². The number of fused-ring (bicyclic) bond motifs is 1. The molecule has 1 atom stereocenters. The lowest BCUT2D eigenvalue weighted by Gasteiger charge is -2.27. The number of aldehydes is 1. The number of ether oxygens (including phenoxy) is 1. The van der Waals surface area contributed by atoms with Crippen LogP contribution < -0.4 is 4.74 Å². The lowest BCUT2D eigenvalue weighted by molar-refractivity contribution is -0.184. The smallest absolute Gasteiger partial charge is 0.429 e. The van der Waals surface area contributed by atoms with Crippen LogP contribution in [0, 0.1) is 6.92 Å². The van der Waals surface area contributed by atoms with Crippen LogP contribution in [0.25, 0.3) is 6.08 Å². The molecule has 1 aromatic rings. The van der Waals surface area contributed by atoms with E-state index in [1.54, 1.807) is 19.1 Å². The van der Waals surface area contributed by atoms with Gasteiger partial charge < -0.3 is 4.74 Å². The van der Waals surface area contributed by atoms with E-state index in [0.717, 1.165) is 0 Å². The van der Waals surface area contributed by atoms with E-state index in [9.17, 15) is 18.0 Å². The van der Waals surface area contributed by atoms with Crippen molar-refractivity contribution >= 4 is 28.3 Å². The highest BCUT2D eigenvalue weighted by Crippen LogP contribution is 2.39. The van der Waals surface area contributed by atoms with Crippen molar-refractivity contribution in [2.24, 2.45) is 0 Å². The predicted molar refractivity (Wildman–Crippen MR) is 63.4 cm³/mol. The summed E-state index contributed by atoms with van der Waals surface area (Å²) in [5.41, 5.74) is 0.617. The summed E-state index contributed by atoms with van der Waals surface area (Å²) in [6.45, 7) is 1.65. The van der Waals surface area contributed by atoms with Crippen LogP contribution in [0.3, 0.4) is 0 Å². The summed E-state index contributed by atoms with van der Waals surface area (Å²) in [7, 11) is 0. The first-order valence-electron chi connectivity index (χ1n) is 5.03. The summed E-state index contributed by atoms with van der Waals surface area (Å²) in [6, 6.07) is 3.27. The Hall–Kier alpha value is -1.30. The Kier molecular flexibility index (Phi) is 3.23. The standard InChI is InChI=1S/C12H8BrF3O2/c1-6-2-9(13)4-7-3-8(5-17)11(12(14,15)16)18-10(6)7/h2-5,11H,1H3. The van der Waals surface area contributed by atoms with Gasteiger partial charge >= 0.3 is 6.18 Å². The quantitative estimate of drug-likeness (QED) is 0.738. The van der Waals surface area contributed by atoms with Gasteiger partial charge in [0.1, 0.15) is 12.0 Å². The highest BCUT2D eigenvalue weighted by Gasteiger charge is 2.46. The monoisotopic (exact) mass is 320 g/mol. The Bertz CT molecular complexity index is 535. The number of rotatable bonds is 1. The molecule has 96 valence electrons. The normalized spacial score (nSPS) is 18.7. The summed E-state index contributed by atoms with van der Waals surface area (Å²) in [5, 5.41) is 0. The van der Waals surface area contributed by atoms with Crippen molar-refractivity contribution in [2.45, 2.75) is 19.2 Å². The molecule has 0 saturated heterocycles. The molecular weight excluding hydrogens is 313 g/mol. The summed E-state index contributed by atoms with van der Waals surface area (Å²) < 4.78 is 43.9. The third-order valence-electron chi connectivity index (χ3n) is 2.56. The third kappa shape index (κ3) is 2.29. The van der Waals surface area contributed by atoms with E-state index < -0.39 is 17.9 Å². The van der Waals surface area contributed by atoms with Gasteiger partial charge in [0.05, 0.1) is 0 Å². The maximum atomic E-state index is 12.7. The largest absolute Gasteiger partial charge is 0.475 e. The van der Waals surface area contributed by atoms with Crippen molar-refractivity contribution in [1.82, 2.24) is 0 Å². The summed E-state index contributed by atoms with van der Waals surface area (Å²) in [4.78, 5) is 10.7. The first-order valence-corrected chi connectivity index (χ1v) is 5.82. The van der Waals surface area contributed by atoms with E-state index in [1.807, 2.05) is 0 Å². The Morgan fingerprint density at radius 3 is 2.61 bits per heavy atom. The van der Waals surface area contributed by atoms with Crippen LogP contribution in [0.2, 0.25) is 0 Å². The molecule has 0 bridgehead atoms. The van der Waals surface area contributed by atoms with E-state index in [0.29, 0.717) is 15.6 Å². The molecule has 0 radical (unpaired) electrons. The van der Waals surface area contributed by atoms with Crippen molar-refractivity contribution in [3.8, 4) is 5.75 Å². The fraction of sp³-hybridized carbons (Fsp3) is 0.250. The minimum atomic E-state index is -4.61. The van der Waals surface area contributed by atoms with Gasteiger partial charge in [0.25, 0.3) is 0 Å². The molecule has 0 aromatic heterocycles. The molecule has 1 unspecified atom stereocenters. The second kappa shape index (κ2) is 4.42. The zero-order chi connectivity index (χ0) is 13.5. The van der Waals surface area contributed by atoms with E-state index in [1.165, 1.54) is 6.08 Å². The molecule has 1 heterocycles. The Morgan fingerprint density at radius 2 is 2.06 bits per heavy atom. The molecule has 0 aliphatic carbocycles. The second-order valence-electron chi connectivity index (χ2n) is 3.94. The fourth-order valence-corrected chi connectivity index (χ4v) is 2.41. The summed E-state index contributed by atoms with van der Waals surface area (Å²) >= 11 is 3.24. The number of hydrogen-bond acceptors (Lipinski definition) is 2. The van der Waals surface area contributed by atoms with Crippen molar-refractivity contribution in [3.05, 3.63) is 33.3 Å². The van der Waals surface area contributed by atoms with Gasteiger partial charge in [-0.15, -0.1) is 0 Å². The van der Waals surface area contributed by atoms with Gasteiger partial charge in [-0.2, -0.15) is 13.2 Å². The van der Waals surface area contributed by atoms with Crippen LogP contribution in [0.5, 0.6) is 5.75 Å². The molecular formula is C12H8BrF3O2. The molecule has 0 N–H and O–H groups in total. The molecule has 1 aliphatic rings. The van der Waals surface area contributed by atoms with Crippen molar-refractivity contribution in [3.63, 3.8) is 0 Å². The summed E-state index contributed by atoms with van der Waals surface area (Å²) in [5.74, 6) is 0.158. The molecule has 1 aromatic carbocycles. The Balaban J connectivity index is 2.57. The maximum absolute atomic E-state index is 12.7. The number of aryl methyl sites for hydroxylation is 1. The van der Waals surface area contributed by atoms with Gasteiger partial charge in [-0.25, -0.2) is 0 Å². The molecule has 2 nitrogen and oxygen atoms in total. The van der Waals surface area contributed by atoms with Crippen molar-refractivity contribution in [2.75, 3.05) is 0 Å².